The van der Waals surface area contributed by atoms with Crippen LogP contribution in [0, 0.1) is 23.2 Å². The zero-order chi connectivity index (χ0) is 23.0. The number of halogens is 1. The van der Waals surface area contributed by atoms with Crippen LogP contribution in [0.3, 0.4) is 0 Å². The van der Waals surface area contributed by atoms with Gasteiger partial charge in [0.05, 0.1) is 12.4 Å². The van der Waals surface area contributed by atoms with Crippen molar-refractivity contribution >= 4 is 28.6 Å². The van der Waals surface area contributed by atoms with Gasteiger partial charge in [0.15, 0.2) is 5.78 Å². The van der Waals surface area contributed by atoms with Gasteiger partial charge in [-0.05, 0) is 41.2 Å². The smallest absolute Gasteiger partial charge is 0.182 e. The predicted octanol–water partition coefficient (Wildman–Crippen LogP) is 6.73. The van der Waals surface area contributed by atoms with Gasteiger partial charge in [-0.15, -0.1) is 17.0 Å². The Bertz CT molecular complexity index is 768. The summed E-state index contributed by atoms with van der Waals surface area (Å²) in [4.78, 5) is 15.3. The van der Waals surface area contributed by atoms with Gasteiger partial charge in [-0.25, -0.2) is 0 Å². The Hall–Kier alpha value is -1.36. The fraction of sp³-hybridized carbons (Fsp3) is 0.692. The van der Waals surface area contributed by atoms with Crippen molar-refractivity contribution < 1.29 is 9.90 Å². The second-order valence-corrected chi connectivity index (χ2v) is 11.4. The van der Waals surface area contributed by atoms with Crippen LogP contribution in [0.4, 0.5) is 0 Å². The third-order valence-corrected chi connectivity index (χ3v) is 6.38. The minimum absolute atomic E-state index is 0. The van der Waals surface area contributed by atoms with E-state index in [1.807, 2.05) is 17.0 Å². The lowest BCUT2D eigenvalue weighted by molar-refractivity contribution is 0.0963. The molecule has 5 heteroatoms. The van der Waals surface area contributed by atoms with E-state index in [1.165, 1.54) is 0 Å². The van der Waals surface area contributed by atoms with Crippen molar-refractivity contribution in [3.8, 4) is 5.75 Å². The van der Waals surface area contributed by atoms with Crippen LogP contribution < -0.4 is 0 Å². The molecule has 1 fully saturated rings. The number of ketones is 1. The van der Waals surface area contributed by atoms with Gasteiger partial charge >= 0.3 is 0 Å². The van der Waals surface area contributed by atoms with Crippen LogP contribution >= 0.6 is 17.0 Å². The molecule has 0 saturated carbocycles. The molecule has 1 saturated heterocycles. The summed E-state index contributed by atoms with van der Waals surface area (Å²) in [5.74, 6) is 2.02. The lowest BCUT2D eigenvalue weighted by Gasteiger charge is -2.28. The highest BCUT2D eigenvalue weighted by molar-refractivity contribution is 8.93. The lowest BCUT2D eigenvalue weighted by Crippen LogP contribution is -2.33. The highest BCUT2D eigenvalue weighted by Crippen LogP contribution is 2.40. The van der Waals surface area contributed by atoms with Crippen molar-refractivity contribution in [2.45, 2.75) is 86.0 Å². The van der Waals surface area contributed by atoms with Crippen molar-refractivity contribution in [2.75, 3.05) is 13.1 Å². The molecule has 2 atom stereocenters. The van der Waals surface area contributed by atoms with Gasteiger partial charge in [0.2, 0.25) is 0 Å². The van der Waals surface area contributed by atoms with Gasteiger partial charge in [0, 0.05) is 29.2 Å². The first-order valence-corrected chi connectivity index (χ1v) is 11.4. The first kappa shape index (κ1) is 27.7. The Labute approximate surface area is 200 Å². The molecule has 2 rings (SSSR count). The molecule has 0 spiro atoms. The third kappa shape index (κ3) is 6.12. The number of benzene rings is 1. The van der Waals surface area contributed by atoms with E-state index >= 15 is 0 Å². The molecule has 1 aromatic carbocycles. The Morgan fingerprint density at radius 3 is 2.00 bits per heavy atom. The number of hydrogen-bond donors (Lipinski definition) is 2. The van der Waals surface area contributed by atoms with Crippen LogP contribution in [-0.4, -0.2) is 34.7 Å². The topological polar surface area (TPSA) is 64.4 Å². The quantitative estimate of drug-likeness (QED) is 0.430. The number of nitrogens with one attached hydrogen (secondary N) is 1. The van der Waals surface area contributed by atoms with E-state index in [9.17, 15) is 9.90 Å². The summed E-state index contributed by atoms with van der Waals surface area (Å²) in [5.41, 5.74) is 1.71. The van der Waals surface area contributed by atoms with Crippen molar-refractivity contribution in [3.63, 3.8) is 0 Å². The molecule has 1 heterocycles. The van der Waals surface area contributed by atoms with E-state index in [0.29, 0.717) is 29.0 Å². The highest BCUT2D eigenvalue weighted by Gasteiger charge is 2.39. The summed E-state index contributed by atoms with van der Waals surface area (Å²) >= 11 is 0. The molecule has 0 aromatic heterocycles. The number of nitrogens with zero attached hydrogens (tertiary/aromatic N) is 1. The van der Waals surface area contributed by atoms with E-state index in [1.54, 1.807) is 0 Å². The van der Waals surface area contributed by atoms with Crippen LogP contribution in [-0.2, 0) is 10.8 Å². The lowest BCUT2D eigenvalue weighted by atomic mass is 9.78. The molecule has 31 heavy (non-hydrogen) atoms. The number of likely N-dealkylation sites (tertiary alicyclic amines) is 1. The van der Waals surface area contributed by atoms with Crippen molar-refractivity contribution in [3.05, 3.63) is 28.8 Å². The summed E-state index contributed by atoms with van der Waals surface area (Å²) in [7, 11) is 0. The number of amidine groups is 1. The van der Waals surface area contributed by atoms with E-state index in [0.717, 1.165) is 30.5 Å². The fourth-order valence-electron chi connectivity index (χ4n) is 4.78. The molecule has 0 radical (unpaired) electrons. The zero-order valence-electron chi connectivity index (χ0n) is 20.9. The number of carbonyl (C=O) groups is 1. The molecule has 1 aromatic rings. The van der Waals surface area contributed by atoms with Crippen LogP contribution in [0.1, 0.15) is 96.6 Å². The van der Waals surface area contributed by atoms with Gasteiger partial charge in [0.1, 0.15) is 5.75 Å². The van der Waals surface area contributed by atoms with Gasteiger partial charge < -0.3 is 10.0 Å². The Balaban J connectivity index is 0.00000480. The van der Waals surface area contributed by atoms with Gasteiger partial charge in [-0.1, -0.05) is 68.7 Å². The predicted molar refractivity (Wildman–Crippen MR) is 136 cm³/mol. The summed E-state index contributed by atoms with van der Waals surface area (Å²) in [6, 6.07) is 3.71. The summed E-state index contributed by atoms with van der Waals surface area (Å²) < 4.78 is 0. The minimum Gasteiger partial charge on any atom is -0.507 e. The Morgan fingerprint density at radius 2 is 1.61 bits per heavy atom. The van der Waals surface area contributed by atoms with Crippen LogP contribution in [0.2, 0.25) is 0 Å². The average molecular weight is 496 g/mol. The first-order valence-electron chi connectivity index (χ1n) is 11.4. The molecule has 4 nitrogen and oxygen atoms in total. The van der Waals surface area contributed by atoms with Gasteiger partial charge in [-0.2, -0.15) is 0 Å². The average Bonchev–Trinajstić information content (AvgIpc) is 2.88. The van der Waals surface area contributed by atoms with E-state index < -0.39 is 0 Å². The van der Waals surface area contributed by atoms with E-state index in [2.05, 4.69) is 62.3 Å². The van der Waals surface area contributed by atoms with Crippen molar-refractivity contribution in [1.29, 1.82) is 5.41 Å². The number of hydrogen-bond acceptors (Lipinski definition) is 3. The number of rotatable bonds is 6. The molecule has 176 valence electrons. The SMILES string of the molecule is Br.CCC[C@H]1CN(CC(=O)c2cc(C(C)(C)C)c(O)c(C(C)(C)C)c2)C(=N)[C@@H]1C(C)C. The van der Waals surface area contributed by atoms with E-state index in [-0.39, 0.29) is 46.1 Å². The summed E-state index contributed by atoms with van der Waals surface area (Å²) in [6.45, 7) is 19.9. The normalized spacial score (nSPS) is 19.7. The van der Waals surface area contributed by atoms with Crippen molar-refractivity contribution in [2.24, 2.45) is 17.8 Å². The van der Waals surface area contributed by atoms with Crippen molar-refractivity contribution in [1.82, 2.24) is 4.90 Å². The highest BCUT2D eigenvalue weighted by atomic mass is 79.9. The number of phenolic OH excluding ortho intramolecular Hbond substituents is 1. The number of aromatic hydroxyl groups is 1. The summed E-state index contributed by atoms with van der Waals surface area (Å²) in [5, 5.41) is 19.6. The Morgan fingerprint density at radius 1 is 1.13 bits per heavy atom. The summed E-state index contributed by atoms with van der Waals surface area (Å²) in [6.07, 6.45) is 2.20. The van der Waals surface area contributed by atoms with Gasteiger partial charge in [-0.3, -0.25) is 10.2 Å². The zero-order valence-corrected chi connectivity index (χ0v) is 22.6. The van der Waals surface area contributed by atoms with Crippen LogP contribution in [0.5, 0.6) is 5.75 Å². The second-order valence-electron chi connectivity index (χ2n) is 11.4. The molecule has 2 N–H and O–H groups in total. The standard InChI is InChI=1S/C26H42N2O2.BrH/c1-10-11-17-14-28(24(27)22(17)16(2)3)15-21(29)18-12-19(25(4,5)6)23(30)20(13-18)26(7,8)9;/h12-13,16-17,22,27,30H,10-11,14-15H2,1-9H3;1H/t17-,22+;/m0./s1. The van der Waals surface area contributed by atoms with Crippen LogP contribution in [0.25, 0.3) is 0 Å². The molecule has 1 aliphatic heterocycles. The largest absolute Gasteiger partial charge is 0.507 e. The minimum atomic E-state index is -0.268. The van der Waals surface area contributed by atoms with E-state index in [4.69, 9.17) is 5.41 Å². The molecule has 0 bridgehead atoms. The fourth-order valence-corrected chi connectivity index (χ4v) is 4.78. The maximum absolute atomic E-state index is 13.3. The number of phenols is 1. The first-order chi connectivity index (χ1) is 13.7. The molecular formula is C26H43BrN2O2. The molecular weight excluding hydrogens is 452 g/mol. The number of Topliss-reactive ketones (excluding diaryl/α,β-unsaturated/α-hetero) is 1. The number of carbonyl (C=O) groups excluding carboxylic acids is 1. The van der Waals surface area contributed by atoms with Gasteiger partial charge in [0.25, 0.3) is 0 Å². The monoisotopic (exact) mass is 494 g/mol. The maximum atomic E-state index is 13.3. The second kappa shape index (κ2) is 10.1. The molecule has 0 amide bonds. The Kier molecular flexibility index (Phi) is 8.98. The maximum Gasteiger partial charge on any atom is 0.182 e. The molecule has 0 unspecified atom stereocenters. The molecule has 1 aliphatic rings. The third-order valence-electron chi connectivity index (χ3n) is 6.38. The van der Waals surface area contributed by atoms with Crippen LogP contribution in [0.15, 0.2) is 12.1 Å². The molecule has 0 aliphatic carbocycles.